The summed E-state index contributed by atoms with van der Waals surface area (Å²) < 4.78 is 5.34. The summed E-state index contributed by atoms with van der Waals surface area (Å²) in [5, 5.41) is 15.4. The average molecular weight is 536 g/mol. The highest BCUT2D eigenvalue weighted by Gasteiger charge is 2.24. The molecular formula is C28H30ClN5O4. The van der Waals surface area contributed by atoms with Gasteiger partial charge in [-0.15, -0.1) is 0 Å². The highest BCUT2D eigenvalue weighted by molar-refractivity contribution is 6.31. The molecule has 10 heteroatoms. The molecule has 2 heterocycles. The van der Waals surface area contributed by atoms with Crippen molar-refractivity contribution in [1.82, 2.24) is 4.90 Å². The second-order valence-corrected chi connectivity index (χ2v) is 9.82. The van der Waals surface area contributed by atoms with Crippen LogP contribution in [0.3, 0.4) is 0 Å². The zero-order valence-electron chi connectivity index (χ0n) is 21.0. The van der Waals surface area contributed by atoms with Gasteiger partial charge in [-0.3, -0.25) is 19.8 Å². The van der Waals surface area contributed by atoms with Crippen LogP contribution < -0.4 is 15.1 Å². The number of nitro groups is 1. The highest BCUT2D eigenvalue weighted by Crippen LogP contribution is 2.30. The van der Waals surface area contributed by atoms with Crippen LogP contribution in [-0.2, 0) is 11.3 Å². The number of halogens is 1. The smallest absolute Gasteiger partial charge is 0.293 e. The third-order valence-corrected chi connectivity index (χ3v) is 7.37. The molecule has 38 heavy (non-hydrogen) atoms. The van der Waals surface area contributed by atoms with E-state index in [1.807, 2.05) is 47.4 Å². The molecule has 198 valence electrons. The van der Waals surface area contributed by atoms with E-state index in [0.29, 0.717) is 37.7 Å². The van der Waals surface area contributed by atoms with Crippen molar-refractivity contribution in [2.24, 2.45) is 0 Å². The van der Waals surface area contributed by atoms with E-state index in [4.69, 9.17) is 16.3 Å². The summed E-state index contributed by atoms with van der Waals surface area (Å²) >= 11 is 6.32. The van der Waals surface area contributed by atoms with E-state index in [0.717, 1.165) is 49.0 Å². The Morgan fingerprint density at radius 3 is 2.32 bits per heavy atom. The molecule has 0 unspecified atom stereocenters. The van der Waals surface area contributed by atoms with Gasteiger partial charge in [0.2, 0.25) is 0 Å². The number of rotatable bonds is 7. The number of anilines is 3. The molecule has 0 atom stereocenters. The molecule has 0 bridgehead atoms. The third kappa shape index (κ3) is 6.07. The SMILES string of the molecule is O=C(Nc1ccc(N2CCN(Cc3ccccc3Cl)CC2)cc1)c1ccc(N2CCOCC2)c([N+](=O)[O-])c1. The zero-order valence-corrected chi connectivity index (χ0v) is 21.8. The fraction of sp³-hybridized carbons (Fsp3) is 0.321. The number of ether oxygens (including phenoxy) is 1. The van der Waals surface area contributed by atoms with Gasteiger partial charge in [-0.25, -0.2) is 0 Å². The lowest BCUT2D eigenvalue weighted by Gasteiger charge is -2.36. The fourth-order valence-corrected chi connectivity index (χ4v) is 5.07. The average Bonchev–Trinajstić information content (AvgIpc) is 2.95. The maximum atomic E-state index is 12.9. The topological polar surface area (TPSA) is 91.2 Å². The molecular weight excluding hydrogens is 506 g/mol. The van der Waals surface area contributed by atoms with Gasteiger partial charge in [0.25, 0.3) is 11.6 Å². The largest absolute Gasteiger partial charge is 0.378 e. The van der Waals surface area contributed by atoms with Crippen molar-refractivity contribution in [3.63, 3.8) is 0 Å². The number of carbonyl (C=O) groups excluding carboxylic acids is 1. The Morgan fingerprint density at radius 1 is 0.921 bits per heavy atom. The molecule has 0 aliphatic carbocycles. The lowest BCUT2D eigenvalue weighted by Crippen LogP contribution is -2.46. The molecule has 1 amide bonds. The first kappa shape index (κ1) is 26.0. The van der Waals surface area contributed by atoms with E-state index in [-0.39, 0.29) is 17.2 Å². The van der Waals surface area contributed by atoms with E-state index in [9.17, 15) is 14.9 Å². The summed E-state index contributed by atoms with van der Waals surface area (Å²) in [7, 11) is 0. The Hall–Kier alpha value is -3.66. The lowest BCUT2D eigenvalue weighted by atomic mass is 10.1. The van der Waals surface area contributed by atoms with Gasteiger partial charge in [0, 0.05) is 73.8 Å². The third-order valence-electron chi connectivity index (χ3n) is 7.00. The minimum absolute atomic E-state index is 0.0800. The van der Waals surface area contributed by atoms with E-state index in [1.54, 1.807) is 12.1 Å². The van der Waals surface area contributed by atoms with Crippen LogP contribution in [0.4, 0.5) is 22.7 Å². The molecule has 3 aromatic carbocycles. The molecule has 0 saturated carbocycles. The Balaban J connectivity index is 1.18. The Morgan fingerprint density at radius 2 is 1.63 bits per heavy atom. The Kier molecular flexibility index (Phi) is 8.07. The molecule has 0 radical (unpaired) electrons. The predicted molar refractivity (Wildman–Crippen MR) is 149 cm³/mol. The normalized spacial score (nSPS) is 16.3. The van der Waals surface area contributed by atoms with Crippen LogP contribution in [0.2, 0.25) is 5.02 Å². The Bertz CT molecular complexity index is 1290. The van der Waals surface area contributed by atoms with Crippen LogP contribution in [0.1, 0.15) is 15.9 Å². The molecule has 2 aliphatic heterocycles. The maximum absolute atomic E-state index is 12.9. The second-order valence-electron chi connectivity index (χ2n) is 9.42. The molecule has 2 fully saturated rings. The molecule has 1 N–H and O–H groups in total. The highest BCUT2D eigenvalue weighted by atomic mass is 35.5. The number of hydrogen-bond donors (Lipinski definition) is 1. The fourth-order valence-electron chi connectivity index (χ4n) is 4.87. The van der Waals surface area contributed by atoms with Crippen LogP contribution in [0.15, 0.2) is 66.7 Å². The van der Waals surface area contributed by atoms with Crippen molar-refractivity contribution < 1.29 is 14.5 Å². The van der Waals surface area contributed by atoms with Gasteiger partial charge in [-0.2, -0.15) is 0 Å². The number of piperazine rings is 1. The first-order chi connectivity index (χ1) is 18.5. The molecule has 5 rings (SSSR count). The van der Waals surface area contributed by atoms with E-state index < -0.39 is 4.92 Å². The summed E-state index contributed by atoms with van der Waals surface area (Å²) in [5.41, 5.74) is 3.54. The summed E-state index contributed by atoms with van der Waals surface area (Å²) in [4.78, 5) is 30.8. The van der Waals surface area contributed by atoms with Gasteiger partial charge in [0.15, 0.2) is 0 Å². The first-order valence-electron chi connectivity index (χ1n) is 12.7. The number of carbonyl (C=O) groups is 1. The number of hydrogen-bond acceptors (Lipinski definition) is 7. The summed E-state index contributed by atoms with van der Waals surface area (Å²) in [6.45, 7) is 6.70. The quantitative estimate of drug-likeness (QED) is 0.347. The van der Waals surface area contributed by atoms with Gasteiger partial charge < -0.3 is 19.9 Å². The van der Waals surface area contributed by atoms with E-state index >= 15 is 0 Å². The van der Waals surface area contributed by atoms with Crippen molar-refractivity contribution in [2.45, 2.75) is 6.54 Å². The van der Waals surface area contributed by atoms with Gasteiger partial charge in [-0.1, -0.05) is 29.8 Å². The maximum Gasteiger partial charge on any atom is 0.293 e. The van der Waals surface area contributed by atoms with Crippen LogP contribution in [0, 0.1) is 10.1 Å². The first-order valence-corrected chi connectivity index (χ1v) is 13.1. The van der Waals surface area contributed by atoms with Crippen molar-refractivity contribution in [3.05, 3.63) is 93.0 Å². The molecule has 2 aliphatic rings. The van der Waals surface area contributed by atoms with Crippen molar-refractivity contribution in [1.29, 1.82) is 0 Å². The number of benzene rings is 3. The van der Waals surface area contributed by atoms with E-state index in [2.05, 4.69) is 21.2 Å². The molecule has 9 nitrogen and oxygen atoms in total. The van der Waals surface area contributed by atoms with Crippen molar-refractivity contribution >= 4 is 40.3 Å². The van der Waals surface area contributed by atoms with E-state index in [1.165, 1.54) is 6.07 Å². The molecule has 3 aromatic rings. The summed E-state index contributed by atoms with van der Waals surface area (Å²) in [5.74, 6) is -0.387. The van der Waals surface area contributed by atoms with Gasteiger partial charge in [0.1, 0.15) is 5.69 Å². The number of nitro benzene ring substituents is 1. The number of amides is 1. The number of nitrogens with one attached hydrogen (secondary N) is 1. The van der Waals surface area contributed by atoms with Gasteiger partial charge in [-0.05, 0) is 48.0 Å². The second kappa shape index (κ2) is 11.8. The summed E-state index contributed by atoms with van der Waals surface area (Å²) in [6.07, 6.45) is 0. The predicted octanol–water partition coefficient (Wildman–Crippen LogP) is 4.66. The molecule has 0 aromatic heterocycles. The Labute approximate surface area is 226 Å². The van der Waals surface area contributed by atoms with Crippen LogP contribution in [-0.4, -0.2) is 68.2 Å². The van der Waals surface area contributed by atoms with Crippen LogP contribution in [0.5, 0.6) is 0 Å². The zero-order chi connectivity index (χ0) is 26.5. The van der Waals surface area contributed by atoms with Crippen LogP contribution >= 0.6 is 11.6 Å². The lowest BCUT2D eigenvalue weighted by molar-refractivity contribution is -0.384. The minimum atomic E-state index is -0.440. The summed E-state index contributed by atoms with van der Waals surface area (Å²) in [6, 6.07) is 20.3. The van der Waals surface area contributed by atoms with Crippen LogP contribution in [0.25, 0.3) is 0 Å². The number of morpholine rings is 1. The minimum Gasteiger partial charge on any atom is -0.378 e. The van der Waals surface area contributed by atoms with Gasteiger partial charge >= 0.3 is 0 Å². The van der Waals surface area contributed by atoms with Gasteiger partial charge in [0.05, 0.1) is 18.1 Å². The molecule has 2 saturated heterocycles. The van der Waals surface area contributed by atoms with Crippen molar-refractivity contribution in [2.75, 3.05) is 67.6 Å². The number of nitrogens with zero attached hydrogens (tertiary/aromatic N) is 4. The molecule has 0 spiro atoms. The monoisotopic (exact) mass is 535 g/mol. The van der Waals surface area contributed by atoms with Crippen molar-refractivity contribution in [3.8, 4) is 0 Å². The standard InChI is InChI=1S/C28H30ClN5O4/c29-25-4-2-1-3-22(25)20-31-11-13-32(14-12-31)24-8-6-23(7-9-24)30-28(35)21-5-10-26(27(19-21)34(36)37)33-15-17-38-18-16-33/h1-10,19H,11-18,20H2,(H,30,35).